The molecule has 0 aliphatic heterocycles. The van der Waals surface area contributed by atoms with Crippen LogP contribution < -0.4 is 0 Å². The van der Waals surface area contributed by atoms with Crippen molar-refractivity contribution in [1.82, 2.24) is 0 Å². The molecule has 0 bridgehead atoms. The smallest absolute Gasteiger partial charge is 0.308 e. The van der Waals surface area contributed by atoms with Gasteiger partial charge in [-0.25, -0.2) is 0 Å². The second-order valence-corrected chi connectivity index (χ2v) is 2.03. The van der Waals surface area contributed by atoms with Crippen molar-refractivity contribution in [3.8, 4) is 0 Å². The molecule has 0 heterocycles. The van der Waals surface area contributed by atoms with Crippen LogP contribution in [0.1, 0.15) is 12.8 Å². The third-order valence-electron chi connectivity index (χ3n) is 0.947. The molecule has 0 aliphatic rings. The van der Waals surface area contributed by atoms with Crippen LogP contribution in [-0.4, -0.2) is 38.8 Å². The molecule has 0 fully saturated rings. The van der Waals surface area contributed by atoms with Gasteiger partial charge in [-0.05, 0) is 0 Å². The molecule has 0 rings (SSSR count). The summed E-state index contributed by atoms with van der Waals surface area (Å²) < 4.78 is 0. The lowest BCUT2D eigenvalue weighted by Crippen LogP contribution is -2.32. The van der Waals surface area contributed by atoms with Gasteiger partial charge in [0, 0.05) is 13.0 Å². The van der Waals surface area contributed by atoms with E-state index in [1.54, 1.807) is 0 Å². The fraction of sp³-hybridized carbons (Fsp3) is 0.800. The average Bonchev–Trinajstić information content (AvgIpc) is 1.59. The number of aliphatic hydroxyl groups excluding tert-OH is 1. The number of carboxylic acid groups (broad SMARTS) is 1. The van der Waals surface area contributed by atoms with E-state index in [1.807, 2.05) is 0 Å². The molecular formula is C5H10O5. The molecule has 0 aromatic heterocycles. The van der Waals surface area contributed by atoms with Gasteiger partial charge in [-0.2, -0.15) is 0 Å². The molecule has 0 spiro atoms. The van der Waals surface area contributed by atoms with E-state index >= 15 is 0 Å². The minimum Gasteiger partial charge on any atom is -0.481 e. The molecule has 5 nitrogen and oxygen atoms in total. The van der Waals surface area contributed by atoms with Gasteiger partial charge in [-0.15, -0.1) is 0 Å². The van der Waals surface area contributed by atoms with Gasteiger partial charge in [-0.1, -0.05) is 0 Å². The minimum absolute atomic E-state index is 0.348. The minimum atomic E-state index is -2.28. The Morgan fingerprint density at radius 1 is 1.40 bits per heavy atom. The van der Waals surface area contributed by atoms with Gasteiger partial charge >= 0.3 is 5.97 Å². The fourth-order valence-electron chi connectivity index (χ4n) is 0.510. The van der Waals surface area contributed by atoms with Gasteiger partial charge in [0.25, 0.3) is 0 Å². The molecule has 0 aliphatic carbocycles. The highest BCUT2D eigenvalue weighted by molar-refractivity contribution is 5.67. The van der Waals surface area contributed by atoms with Gasteiger partial charge in [0.05, 0.1) is 6.42 Å². The molecule has 10 heavy (non-hydrogen) atoms. The Bertz CT molecular complexity index is 119. The van der Waals surface area contributed by atoms with Crippen LogP contribution in [0.2, 0.25) is 0 Å². The Hall–Kier alpha value is -0.650. The second kappa shape index (κ2) is 3.50. The summed E-state index contributed by atoms with van der Waals surface area (Å²) in [6.45, 7) is -0.444. The molecule has 0 aromatic carbocycles. The predicted molar refractivity (Wildman–Crippen MR) is 31.1 cm³/mol. The monoisotopic (exact) mass is 150 g/mol. The van der Waals surface area contributed by atoms with Crippen molar-refractivity contribution in [2.75, 3.05) is 6.61 Å². The number of carbonyl (C=O) groups is 1. The first-order chi connectivity index (χ1) is 4.48. The molecule has 0 saturated carbocycles. The zero-order chi connectivity index (χ0) is 8.20. The highest BCUT2D eigenvalue weighted by atomic mass is 16.5. The maximum atomic E-state index is 9.89. The van der Waals surface area contributed by atoms with Crippen LogP contribution in [0.5, 0.6) is 0 Å². The van der Waals surface area contributed by atoms with E-state index in [2.05, 4.69) is 0 Å². The lowest BCUT2D eigenvalue weighted by Gasteiger charge is -2.17. The number of carboxylic acids is 1. The third-order valence-corrected chi connectivity index (χ3v) is 0.947. The summed E-state index contributed by atoms with van der Waals surface area (Å²) in [6, 6.07) is 0. The maximum Gasteiger partial charge on any atom is 0.308 e. The summed E-state index contributed by atoms with van der Waals surface area (Å²) in [4.78, 5) is 9.89. The summed E-state index contributed by atoms with van der Waals surface area (Å²) >= 11 is 0. The molecule has 4 N–H and O–H groups in total. The van der Waals surface area contributed by atoms with Crippen LogP contribution in [0, 0.1) is 0 Å². The summed E-state index contributed by atoms with van der Waals surface area (Å²) in [5.41, 5.74) is 0. The summed E-state index contributed by atoms with van der Waals surface area (Å²) in [5, 5.41) is 33.7. The van der Waals surface area contributed by atoms with Crippen LogP contribution in [0.3, 0.4) is 0 Å². The van der Waals surface area contributed by atoms with E-state index in [0.717, 1.165) is 0 Å². The topological polar surface area (TPSA) is 98.0 Å². The van der Waals surface area contributed by atoms with Crippen molar-refractivity contribution in [2.45, 2.75) is 18.6 Å². The molecule has 0 radical (unpaired) electrons. The van der Waals surface area contributed by atoms with Crippen molar-refractivity contribution < 1.29 is 25.2 Å². The number of hydrogen-bond donors (Lipinski definition) is 4. The summed E-state index contributed by atoms with van der Waals surface area (Å²) in [5.74, 6) is -3.58. The Balaban J connectivity index is 3.74. The van der Waals surface area contributed by atoms with Crippen molar-refractivity contribution in [2.24, 2.45) is 0 Å². The van der Waals surface area contributed by atoms with E-state index < -0.39 is 24.8 Å². The average molecular weight is 150 g/mol. The van der Waals surface area contributed by atoms with E-state index in [0.29, 0.717) is 0 Å². The van der Waals surface area contributed by atoms with Crippen molar-refractivity contribution in [3.05, 3.63) is 0 Å². The molecule has 0 aromatic rings. The second-order valence-electron chi connectivity index (χ2n) is 2.03. The predicted octanol–water partition coefficient (Wildman–Crippen LogP) is -1.48. The zero-order valence-corrected chi connectivity index (χ0v) is 5.32. The Morgan fingerprint density at radius 2 is 1.90 bits per heavy atom. The molecule has 0 saturated heterocycles. The van der Waals surface area contributed by atoms with Crippen LogP contribution in [0.4, 0.5) is 0 Å². The van der Waals surface area contributed by atoms with E-state index in [4.69, 9.17) is 20.4 Å². The van der Waals surface area contributed by atoms with Gasteiger partial charge in [0.15, 0.2) is 5.79 Å². The lowest BCUT2D eigenvalue weighted by molar-refractivity contribution is -0.187. The van der Waals surface area contributed by atoms with Crippen LogP contribution in [0.15, 0.2) is 0 Å². The van der Waals surface area contributed by atoms with E-state index in [9.17, 15) is 4.79 Å². The van der Waals surface area contributed by atoms with Crippen molar-refractivity contribution in [3.63, 3.8) is 0 Å². The Labute approximate surface area is 57.5 Å². The molecule has 0 unspecified atom stereocenters. The van der Waals surface area contributed by atoms with Gasteiger partial charge in [0.2, 0.25) is 0 Å². The third kappa shape index (κ3) is 4.25. The van der Waals surface area contributed by atoms with Crippen LogP contribution in [0.25, 0.3) is 0 Å². The summed E-state index contributed by atoms with van der Waals surface area (Å²) in [7, 11) is 0. The van der Waals surface area contributed by atoms with Gasteiger partial charge < -0.3 is 20.4 Å². The number of hydrogen-bond acceptors (Lipinski definition) is 4. The standard InChI is InChI=1S/C5H10O5/c6-2-1-5(9,10)3-4(7)8/h6,9-10H,1-3H2,(H,7,8). The van der Waals surface area contributed by atoms with Gasteiger partial charge in [0.1, 0.15) is 0 Å². The number of aliphatic hydroxyl groups is 3. The molecule has 5 heteroatoms. The number of aliphatic carboxylic acids is 1. The highest BCUT2D eigenvalue weighted by Crippen LogP contribution is 2.09. The maximum absolute atomic E-state index is 9.89. The van der Waals surface area contributed by atoms with Gasteiger partial charge in [-0.3, -0.25) is 4.79 Å². The molecule has 0 atom stereocenters. The molecule has 60 valence electrons. The lowest BCUT2D eigenvalue weighted by atomic mass is 10.1. The Kier molecular flexibility index (Phi) is 3.27. The van der Waals surface area contributed by atoms with E-state index in [1.165, 1.54) is 0 Å². The Morgan fingerprint density at radius 3 is 2.20 bits per heavy atom. The fourth-order valence-corrected chi connectivity index (χ4v) is 0.510. The van der Waals surface area contributed by atoms with Crippen molar-refractivity contribution >= 4 is 5.97 Å². The largest absolute Gasteiger partial charge is 0.481 e. The quantitative estimate of drug-likeness (QED) is 0.366. The van der Waals surface area contributed by atoms with Crippen molar-refractivity contribution in [1.29, 1.82) is 0 Å². The first-order valence-electron chi connectivity index (χ1n) is 2.75. The number of rotatable bonds is 4. The van der Waals surface area contributed by atoms with Crippen LogP contribution >= 0.6 is 0 Å². The molecular weight excluding hydrogens is 140 g/mol. The highest BCUT2D eigenvalue weighted by Gasteiger charge is 2.25. The zero-order valence-electron chi connectivity index (χ0n) is 5.32. The van der Waals surface area contributed by atoms with Crippen LogP contribution in [-0.2, 0) is 4.79 Å². The summed E-state index contributed by atoms with van der Waals surface area (Å²) in [6.07, 6.45) is -1.12. The first-order valence-corrected chi connectivity index (χ1v) is 2.75. The first kappa shape index (κ1) is 9.35. The van der Waals surface area contributed by atoms with E-state index in [-0.39, 0.29) is 6.42 Å². The SMILES string of the molecule is O=C(O)CC(O)(O)CCO. The normalized spacial score (nSPS) is 11.5. The molecule has 0 amide bonds.